The maximum absolute atomic E-state index is 13.4. The van der Waals surface area contributed by atoms with Crippen molar-refractivity contribution < 1.29 is 19.4 Å². The molecule has 3 aromatic carbocycles. The van der Waals surface area contributed by atoms with E-state index in [9.17, 15) is 14.7 Å². The number of rotatable bonds is 7. The first kappa shape index (κ1) is 25.3. The largest absolute Gasteiger partial charge is 0.507 e. The fraction of sp³-hybridized carbons (Fsp3) is 0.241. The lowest BCUT2D eigenvalue weighted by Gasteiger charge is -2.27. The van der Waals surface area contributed by atoms with Crippen LogP contribution in [0.1, 0.15) is 36.6 Å². The van der Waals surface area contributed by atoms with E-state index in [-0.39, 0.29) is 11.3 Å². The van der Waals surface area contributed by atoms with Crippen molar-refractivity contribution in [3.63, 3.8) is 0 Å². The van der Waals surface area contributed by atoms with Crippen LogP contribution in [0.2, 0.25) is 5.02 Å². The normalized spacial score (nSPS) is 16.9. The van der Waals surface area contributed by atoms with E-state index in [4.69, 9.17) is 16.3 Å². The van der Waals surface area contributed by atoms with Crippen LogP contribution in [0.5, 0.6) is 5.75 Å². The summed E-state index contributed by atoms with van der Waals surface area (Å²) in [5.74, 6) is -1.04. The molecule has 0 bridgehead atoms. The van der Waals surface area contributed by atoms with E-state index in [1.165, 1.54) is 4.90 Å². The van der Waals surface area contributed by atoms with Gasteiger partial charge in [-0.25, -0.2) is 0 Å². The van der Waals surface area contributed by atoms with E-state index in [2.05, 4.69) is 18.7 Å². The monoisotopic (exact) mass is 504 g/mol. The summed E-state index contributed by atoms with van der Waals surface area (Å²) in [5.41, 5.74) is 3.48. The van der Waals surface area contributed by atoms with E-state index in [0.29, 0.717) is 27.6 Å². The average molecular weight is 505 g/mol. The van der Waals surface area contributed by atoms with Gasteiger partial charge in [-0.15, -0.1) is 0 Å². The molecule has 186 valence electrons. The zero-order chi connectivity index (χ0) is 26.0. The Labute approximate surface area is 216 Å². The molecule has 1 atom stereocenters. The molecule has 1 fully saturated rings. The number of aliphatic hydroxyl groups is 1. The van der Waals surface area contributed by atoms with E-state index < -0.39 is 17.7 Å². The van der Waals surface area contributed by atoms with E-state index in [0.717, 1.165) is 24.3 Å². The maximum atomic E-state index is 13.4. The van der Waals surface area contributed by atoms with Crippen LogP contribution in [0.3, 0.4) is 0 Å². The molecule has 7 heteroatoms. The molecule has 1 saturated heterocycles. The fourth-order valence-corrected chi connectivity index (χ4v) is 4.86. The summed E-state index contributed by atoms with van der Waals surface area (Å²) in [5, 5.41) is 11.8. The molecule has 3 aromatic rings. The minimum atomic E-state index is -0.823. The maximum Gasteiger partial charge on any atom is 0.300 e. The molecular weight excluding hydrogens is 476 g/mol. The third-order valence-corrected chi connectivity index (χ3v) is 6.77. The van der Waals surface area contributed by atoms with Crippen molar-refractivity contribution >= 4 is 40.4 Å². The lowest BCUT2D eigenvalue weighted by Crippen LogP contribution is -2.29. The van der Waals surface area contributed by atoms with Gasteiger partial charge in [0.25, 0.3) is 11.7 Å². The van der Waals surface area contributed by atoms with Crippen LogP contribution < -0.4 is 14.5 Å². The van der Waals surface area contributed by atoms with Crippen molar-refractivity contribution in [2.45, 2.75) is 26.8 Å². The summed E-state index contributed by atoms with van der Waals surface area (Å²) >= 11 is 6.23. The van der Waals surface area contributed by atoms with Crippen LogP contribution in [0.4, 0.5) is 11.4 Å². The van der Waals surface area contributed by atoms with E-state index >= 15 is 0 Å². The zero-order valence-electron chi connectivity index (χ0n) is 20.8. The second-order valence-electron chi connectivity index (χ2n) is 8.60. The van der Waals surface area contributed by atoms with Crippen LogP contribution in [0, 0.1) is 6.92 Å². The van der Waals surface area contributed by atoms with Gasteiger partial charge in [-0.3, -0.25) is 14.5 Å². The summed E-state index contributed by atoms with van der Waals surface area (Å²) in [6, 6.07) is 18.9. The van der Waals surface area contributed by atoms with Gasteiger partial charge >= 0.3 is 0 Å². The topological polar surface area (TPSA) is 70.1 Å². The Balaban J connectivity index is 1.90. The number of amides is 1. The Morgan fingerprint density at radius 3 is 2.31 bits per heavy atom. The van der Waals surface area contributed by atoms with Gasteiger partial charge in [0.1, 0.15) is 11.5 Å². The molecule has 0 radical (unpaired) electrons. The average Bonchev–Trinajstić information content (AvgIpc) is 3.15. The molecule has 0 spiro atoms. The van der Waals surface area contributed by atoms with Crippen molar-refractivity contribution in [1.82, 2.24) is 0 Å². The fourth-order valence-electron chi connectivity index (χ4n) is 4.68. The Hall–Kier alpha value is -3.77. The lowest BCUT2D eigenvalue weighted by molar-refractivity contribution is -0.132. The van der Waals surface area contributed by atoms with Gasteiger partial charge in [-0.05, 0) is 80.4 Å². The van der Waals surface area contributed by atoms with Crippen molar-refractivity contribution in [3.8, 4) is 5.75 Å². The second kappa shape index (κ2) is 10.5. The number of Topliss-reactive ketones (excluding diaryl/α,β-unsaturated/α-hetero) is 1. The molecule has 0 aromatic heterocycles. The SMILES string of the molecule is CCN(CC)c1ccc(C2/C(=C(\O)c3ccc(OC)c(C)c3)C(=O)C(=O)N2c2cccc(Cl)c2)cc1. The number of ether oxygens (including phenoxy) is 1. The van der Waals surface area contributed by atoms with E-state index in [1.54, 1.807) is 49.6 Å². The number of aryl methyl sites for hydroxylation is 1. The smallest absolute Gasteiger partial charge is 0.300 e. The predicted octanol–water partition coefficient (Wildman–Crippen LogP) is 6.13. The molecule has 1 aliphatic heterocycles. The van der Waals surface area contributed by atoms with Crippen LogP contribution in [-0.2, 0) is 9.59 Å². The molecule has 6 nitrogen and oxygen atoms in total. The number of anilines is 2. The predicted molar refractivity (Wildman–Crippen MR) is 144 cm³/mol. The molecule has 0 saturated carbocycles. The number of benzene rings is 3. The molecule has 4 rings (SSSR count). The Morgan fingerprint density at radius 2 is 1.72 bits per heavy atom. The highest BCUT2D eigenvalue weighted by Crippen LogP contribution is 2.43. The molecule has 1 amide bonds. The molecule has 1 aliphatic rings. The third kappa shape index (κ3) is 4.56. The number of carbonyl (C=O) groups is 2. The highest BCUT2D eigenvalue weighted by Gasteiger charge is 2.47. The van der Waals surface area contributed by atoms with Gasteiger partial charge in [-0.2, -0.15) is 0 Å². The molecular formula is C29H29ClN2O4. The van der Waals surface area contributed by atoms with Crippen molar-refractivity contribution in [2.24, 2.45) is 0 Å². The number of ketones is 1. The summed E-state index contributed by atoms with van der Waals surface area (Å²) in [6.45, 7) is 7.73. The van der Waals surface area contributed by atoms with Gasteiger partial charge in [0, 0.05) is 35.1 Å². The van der Waals surface area contributed by atoms with Crippen molar-refractivity contribution in [1.29, 1.82) is 0 Å². The zero-order valence-corrected chi connectivity index (χ0v) is 21.5. The Morgan fingerprint density at radius 1 is 1.03 bits per heavy atom. The first-order chi connectivity index (χ1) is 17.3. The third-order valence-electron chi connectivity index (χ3n) is 6.54. The summed E-state index contributed by atoms with van der Waals surface area (Å²) in [7, 11) is 1.57. The molecule has 36 heavy (non-hydrogen) atoms. The number of hydrogen-bond donors (Lipinski definition) is 1. The van der Waals surface area contributed by atoms with Gasteiger partial charge < -0.3 is 14.7 Å². The van der Waals surface area contributed by atoms with Crippen LogP contribution >= 0.6 is 11.6 Å². The van der Waals surface area contributed by atoms with Crippen LogP contribution in [0.15, 0.2) is 72.3 Å². The minimum absolute atomic E-state index is 0.0279. The number of hydrogen-bond acceptors (Lipinski definition) is 5. The summed E-state index contributed by atoms with van der Waals surface area (Å²) in [4.78, 5) is 30.3. The van der Waals surface area contributed by atoms with E-state index in [1.807, 2.05) is 31.2 Å². The van der Waals surface area contributed by atoms with Crippen molar-refractivity contribution in [3.05, 3.63) is 94.0 Å². The standard InChI is InChI=1S/C29H29ClN2O4/c1-5-31(6-2)22-13-10-19(11-14-22)26-25(27(33)20-12-15-24(36-4)18(3)16-20)28(34)29(35)32(26)23-9-7-8-21(30)17-23/h7-17,26,33H,5-6H2,1-4H3/b27-25+. The number of halogens is 1. The molecule has 1 heterocycles. The number of aliphatic hydroxyl groups excluding tert-OH is 1. The molecule has 1 unspecified atom stereocenters. The van der Waals surface area contributed by atoms with Gasteiger partial charge in [-0.1, -0.05) is 29.8 Å². The first-order valence-corrected chi connectivity index (χ1v) is 12.2. The quantitative estimate of drug-likeness (QED) is 0.238. The molecule has 0 aliphatic carbocycles. The number of carbonyl (C=O) groups excluding carboxylic acids is 2. The molecule has 1 N–H and O–H groups in total. The Bertz CT molecular complexity index is 1330. The van der Waals surface area contributed by atoms with Gasteiger partial charge in [0.15, 0.2) is 0 Å². The van der Waals surface area contributed by atoms with Crippen molar-refractivity contribution in [2.75, 3.05) is 30.0 Å². The number of nitrogens with zero attached hydrogens (tertiary/aromatic N) is 2. The van der Waals surface area contributed by atoms with Crippen LogP contribution in [0.25, 0.3) is 5.76 Å². The van der Waals surface area contributed by atoms with Gasteiger partial charge in [0.2, 0.25) is 0 Å². The Kier molecular flexibility index (Phi) is 7.36. The summed E-state index contributed by atoms with van der Waals surface area (Å²) in [6.07, 6.45) is 0. The minimum Gasteiger partial charge on any atom is -0.507 e. The highest BCUT2D eigenvalue weighted by atomic mass is 35.5. The number of methoxy groups -OCH3 is 1. The van der Waals surface area contributed by atoms with Gasteiger partial charge in [0.05, 0.1) is 18.7 Å². The summed E-state index contributed by atoms with van der Waals surface area (Å²) < 4.78 is 5.33. The first-order valence-electron chi connectivity index (χ1n) is 11.9. The highest BCUT2D eigenvalue weighted by molar-refractivity contribution is 6.51. The lowest BCUT2D eigenvalue weighted by atomic mass is 9.94. The second-order valence-corrected chi connectivity index (χ2v) is 9.03. The van der Waals surface area contributed by atoms with Crippen LogP contribution in [-0.4, -0.2) is 37.0 Å².